The van der Waals surface area contributed by atoms with Gasteiger partial charge >= 0.3 is 13.8 Å². The second kappa shape index (κ2) is 12.1. The number of fused-ring (bicyclic) bond motifs is 1. The van der Waals surface area contributed by atoms with Gasteiger partial charge in [-0.15, -0.1) is 0 Å². The number of imidazole rings is 1. The van der Waals surface area contributed by atoms with Gasteiger partial charge < -0.3 is 29.0 Å². The lowest BCUT2D eigenvalue weighted by Crippen LogP contribution is -2.16. The number of ether oxygens (including phenoxy) is 3. The molecule has 3 aromatic rings. The minimum absolute atomic E-state index is 0.00591. The highest BCUT2D eigenvalue weighted by Gasteiger charge is 2.27. The first-order valence-electron chi connectivity index (χ1n) is 10.8. The summed E-state index contributed by atoms with van der Waals surface area (Å²) in [4.78, 5) is 33.8. The molecule has 0 spiro atoms. The third kappa shape index (κ3) is 7.59. The molecule has 15 heteroatoms. The Morgan fingerprint density at radius 1 is 1.31 bits per heavy atom. The molecule has 1 unspecified atom stereocenters. The predicted molar refractivity (Wildman–Crippen MR) is 126 cm³/mol. The lowest BCUT2D eigenvalue weighted by molar-refractivity contribution is -0.0164. The molecule has 3 rings (SSSR count). The molecule has 13 nitrogen and oxygen atoms in total. The van der Waals surface area contributed by atoms with Crippen molar-refractivity contribution in [2.24, 2.45) is 0 Å². The zero-order chi connectivity index (χ0) is 26.3. The van der Waals surface area contributed by atoms with Gasteiger partial charge in [0.25, 0.3) is 5.56 Å². The molecule has 0 amide bonds. The van der Waals surface area contributed by atoms with Crippen LogP contribution in [0.25, 0.3) is 11.2 Å². The van der Waals surface area contributed by atoms with Crippen molar-refractivity contribution < 1.29 is 37.0 Å². The van der Waals surface area contributed by atoms with Crippen LogP contribution in [0.15, 0.2) is 29.3 Å². The third-order valence-electron chi connectivity index (χ3n) is 4.64. The first-order valence-corrected chi connectivity index (χ1v) is 12.5. The smallest absolute Gasteiger partial charge is 0.432 e. The quantitative estimate of drug-likeness (QED) is 0.154. The molecular weight excluding hydrogens is 500 g/mol. The van der Waals surface area contributed by atoms with Crippen LogP contribution in [0.5, 0.6) is 0 Å². The molecule has 3 N–H and O–H groups in total. The number of benzene rings is 1. The van der Waals surface area contributed by atoms with Crippen LogP contribution in [0.4, 0.5) is 15.1 Å². The maximum Gasteiger partial charge on any atom is 0.510 e. The molecule has 0 aliphatic heterocycles. The molecule has 196 valence electrons. The van der Waals surface area contributed by atoms with Gasteiger partial charge in [0.2, 0.25) is 12.7 Å². The molecule has 0 bridgehead atoms. The summed E-state index contributed by atoms with van der Waals surface area (Å²) in [6.07, 6.45) is -0.540. The molecule has 1 atom stereocenters. The van der Waals surface area contributed by atoms with Gasteiger partial charge in [-0.2, -0.15) is 4.98 Å². The zero-order valence-electron chi connectivity index (χ0n) is 19.9. The van der Waals surface area contributed by atoms with Crippen molar-refractivity contribution in [3.8, 4) is 0 Å². The molecule has 2 heterocycles. The summed E-state index contributed by atoms with van der Waals surface area (Å²) in [6.45, 7) is 4.11. The number of hydrogen-bond acceptors (Lipinski definition) is 11. The number of aromatic amines is 1. The van der Waals surface area contributed by atoms with E-state index in [2.05, 4.69) is 15.0 Å². The summed E-state index contributed by atoms with van der Waals surface area (Å²) in [5.41, 5.74) is 6.33. The van der Waals surface area contributed by atoms with Gasteiger partial charge in [-0.3, -0.25) is 18.9 Å². The van der Waals surface area contributed by atoms with Crippen molar-refractivity contribution in [3.05, 3.63) is 51.8 Å². The zero-order valence-corrected chi connectivity index (χ0v) is 20.8. The SMILES string of the molecule is Cc1ccc(COP(=O)(COCCn2cnc3c(=O)[nH]c(N)nc32)OCOC(=O)OC(C)C)cc1F. The highest BCUT2D eigenvalue weighted by atomic mass is 31.2. The van der Waals surface area contributed by atoms with Gasteiger partial charge in [0.1, 0.15) is 12.2 Å². The Labute approximate surface area is 205 Å². The van der Waals surface area contributed by atoms with Gasteiger partial charge in [0.15, 0.2) is 11.2 Å². The number of rotatable bonds is 12. The molecule has 0 radical (unpaired) electrons. The van der Waals surface area contributed by atoms with Crippen LogP contribution in [0.3, 0.4) is 0 Å². The van der Waals surface area contributed by atoms with Crippen LogP contribution in [0, 0.1) is 12.7 Å². The molecule has 0 saturated heterocycles. The molecule has 0 saturated carbocycles. The number of nitrogens with zero attached hydrogens (tertiary/aromatic N) is 3. The van der Waals surface area contributed by atoms with Gasteiger partial charge in [-0.1, -0.05) is 12.1 Å². The molecule has 1 aromatic carbocycles. The number of nitrogen functional groups attached to an aromatic ring is 1. The molecule has 0 aliphatic carbocycles. The maximum absolute atomic E-state index is 13.8. The van der Waals surface area contributed by atoms with E-state index in [9.17, 15) is 18.5 Å². The van der Waals surface area contributed by atoms with Crippen molar-refractivity contribution in [3.63, 3.8) is 0 Å². The van der Waals surface area contributed by atoms with Crippen molar-refractivity contribution in [2.45, 2.75) is 40.0 Å². The summed E-state index contributed by atoms with van der Waals surface area (Å²) in [7, 11) is -3.97. The van der Waals surface area contributed by atoms with E-state index >= 15 is 0 Å². The van der Waals surface area contributed by atoms with Crippen molar-refractivity contribution in [1.82, 2.24) is 19.5 Å². The molecule has 0 fully saturated rings. The lowest BCUT2D eigenvalue weighted by atomic mass is 10.1. The van der Waals surface area contributed by atoms with Crippen LogP contribution < -0.4 is 11.3 Å². The number of carbonyl (C=O) groups excluding carboxylic acids is 1. The van der Waals surface area contributed by atoms with Crippen LogP contribution in [-0.2, 0) is 41.0 Å². The Bertz CT molecular complexity index is 1310. The normalized spacial score (nSPS) is 13.1. The fraction of sp³-hybridized carbons (Fsp3) is 0.429. The number of aryl methyl sites for hydroxylation is 1. The van der Waals surface area contributed by atoms with E-state index in [1.807, 2.05) is 0 Å². The molecular formula is C21H27FN5O8P. The number of aromatic nitrogens is 4. The minimum atomic E-state index is -3.97. The summed E-state index contributed by atoms with van der Waals surface area (Å²) >= 11 is 0. The Morgan fingerprint density at radius 2 is 2.08 bits per heavy atom. The van der Waals surface area contributed by atoms with E-state index in [0.29, 0.717) is 11.1 Å². The van der Waals surface area contributed by atoms with Crippen LogP contribution in [0.1, 0.15) is 25.0 Å². The van der Waals surface area contributed by atoms with Crippen LogP contribution >= 0.6 is 7.60 Å². The van der Waals surface area contributed by atoms with Gasteiger partial charge in [0, 0.05) is 6.54 Å². The summed E-state index contributed by atoms with van der Waals surface area (Å²) in [6, 6.07) is 4.43. The fourth-order valence-corrected chi connectivity index (χ4v) is 4.00. The third-order valence-corrected chi connectivity index (χ3v) is 6.16. The van der Waals surface area contributed by atoms with Gasteiger partial charge in [-0.25, -0.2) is 14.2 Å². The van der Waals surface area contributed by atoms with E-state index in [0.717, 1.165) is 0 Å². The minimum Gasteiger partial charge on any atom is -0.432 e. The standard InChI is InChI=1S/C21H27FN5O8P/c1-13(2)35-21(29)32-11-34-36(30,33-9-15-5-4-14(3)16(22)8-15)12-31-7-6-27-10-24-17-18(27)25-20(23)26-19(17)28/h4-5,8,10,13H,6-7,9,11-12H2,1-3H3,(H3,23,25,26,28). The average Bonchev–Trinajstić information content (AvgIpc) is 3.20. The number of nitrogens with two attached hydrogens (primary N) is 1. The molecule has 0 aliphatic rings. The van der Waals surface area contributed by atoms with E-state index in [1.165, 1.54) is 17.0 Å². The van der Waals surface area contributed by atoms with E-state index in [1.54, 1.807) is 32.9 Å². The Balaban J connectivity index is 1.60. The Hall–Kier alpha value is -3.32. The van der Waals surface area contributed by atoms with Gasteiger partial charge in [-0.05, 0) is 38.0 Å². The Morgan fingerprint density at radius 3 is 2.81 bits per heavy atom. The highest BCUT2D eigenvalue weighted by Crippen LogP contribution is 2.49. The van der Waals surface area contributed by atoms with E-state index < -0.39 is 44.4 Å². The average molecular weight is 527 g/mol. The highest BCUT2D eigenvalue weighted by molar-refractivity contribution is 7.53. The summed E-state index contributed by atoms with van der Waals surface area (Å²) in [5.74, 6) is -0.506. The number of halogens is 1. The molecule has 36 heavy (non-hydrogen) atoms. The largest absolute Gasteiger partial charge is 0.510 e. The number of anilines is 1. The second-order valence-corrected chi connectivity index (χ2v) is 9.87. The van der Waals surface area contributed by atoms with Gasteiger partial charge in [0.05, 0.1) is 25.6 Å². The Kier molecular flexibility index (Phi) is 9.15. The number of nitrogens with one attached hydrogen (secondary N) is 1. The van der Waals surface area contributed by atoms with Crippen molar-refractivity contribution in [2.75, 3.05) is 25.5 Å². The lowest BCUT2D eigenvalue weighted by Gasteiger charge is -2.19. The van der Waals surface area contributed by atoms with Crippen molar-refractivity contribution >= 4 is 30.9 Å². The first kappa shape index (κ1) is 27.3. The number of hydrogen-bond donors (Lipinski definition) is 2. The second-order valence-electron chi connectivity index (χ2n) is 7.87. The number of H-pyrrole nitrogens is 1. The monoisotopic (exact) mass is 527 g/mol. The van der Waals surface area contributed by atoms with Crippen LogP contribution in [0.2, 0.25) is 0 Å². The predicted octanol–water partition coefficient (Wildman–Crippen LogP) is 3.07. The summed E-state index contributed by atoms with van der Waals surface area (Å²) in [5, 5.41) is 0. The summed E-state index contributed by atoms with van der Waals surface area (Å²) < 4.78 is 54.3. The maximum atomic E-state index is 13.8. The van der Waals surface area contributed by atoms with E-state index in [-0.39, 0.29) is 36.9 Å². The topological polar surface area (TPSA) is 170 Å². The van der Waals surface area contributed by atoms with Crippen molar-refractivity contribution in [1.29, 1.82) is 0 Å². The van der Waals surface area contributed by atoms with Crippen LogP contribution in [-0.4, -0.2) is 51.5 Å². The number of carbonyl (C=O) groups is 1. The van der Waals surface area contributed by atoms with E-state index in [4.69, 9.17) is 29.0 Å². The fourth-order valence-electron chi connectivity index (χ4n) is 2.87. The first-order chi connectivity index (χ1) is 17.1. The molecule has 2 aromatic heterocycles.